The van der Waals surface area contributed by atoms with Crippen LogP contribution in [0, 0.1) is 0 Å². The Balaban J connectivity index is 1.43. The first kappa shape index (κ1) is 28.9. The summed E-state index contributed by atoms with van der Waals surface area (Å²) in [5.74, 6) is 1.07. The normalized spacial score (nSPS) is 14.5. The number of allylic oxidation sites excluding steroid dienone is 1. The number of rotatable bonds is 9. The number of benzene rings is 4. The molecule has 8 heteroatoms. The summed E-state index contributed by atoms with van der Waals surface area (Å²) in [7, 11) is 0. The van der Waals surface area contributed by atoms with E-state index in [4.69, 9.17) is 14.5 Å². The molecule has 1 amide bonds. The summed E-state index contributed by atoms with van der Waals surface area (Å²) in [4.78, 5) is 33.2. The number of amides is 1. The Morgan fingerprint density at radius 3 is 2.32 bits per heavy atom. The molecule has 1 aliphatic rings. The Hall–Kier alpha value is -5.21. The number of nitrogens with zero attached hydrogens (tertiary/aromatic N) is 2. The first-order valence-electron chi connectivity index (χ1n) is 14.4. The van der Waals surface area contributed by atoms with Gasteiger partial charge in [-0.3, -0.25) is 14.2 Å². The van der Waals surface area contributed by atoms with Crippen molar-refractivity contribution in [2.75, 3.05) is 11.9 Å². The molecule has 0 saturated carbocycles. The maximum atomic E-state index is 14.2. The van der Waals surface area contributed by atoms with Gasteiger partial charge in [-0.1, -0.05) is 90.2 Å². The predicted octanol–water partition coefficient (Wildman–Crippen LogP) is 5.85. The molecule has 0 radical (unpaired) electrons. The Bertz CT molecular complexity index is 2000. The van der Waals surface area contributed by atoms with Crippen LogP contribution in [0.1, 0.15) is 36.6 Å². The molecule has 0 spiro atoms. The number of aromatic nitrogens is 1. The molecule has 0 bridgehead atoms. The number of nitrogens with one attached hydrogen (secondary N) is 1. The SMILES string of the molecule is CCOc1ccc([C@@H]2C(C(=O)Nc3ccccc3)=C(C)N=c3s/c(=C/c4ccccc4OCc4ccccc4)c(=O)n32)cc1. The Kier molecular flexibility index (Phi) is 8.52. The molecule has 0 saturated heterocycles. The lowest BCUT2D eigenvalue weighted by atomic mass is 9.95. The van der Waals surface area contributed by atoms with Crippen LogP contribution in [0.3, 0.4) is 0 Å². The number of anilines is 1. The third-order valence-electron chi connectivity index (χ3n) is 7.25. The molecule has 7 nitrogen and oxygen atoms in total. The minimum absolute atomic E-state index is 0.233. The van der Waals surface area contributed by atoms with E-state index in [0.717, 1.165) is 16.7 Å². The molecule has 44 heavy (non-hydrogen) atoms. The number of carbonyl (C=O) groups excluding carboxylic acids is 1. The van der Waals surface area contributed by atoms with Gasteiger partial charge in [0, 0.05) is 11.3 Å². The van der Waals surface area contributed by atoms with Gasteiger partial charge in [-0.2, -0.15) is 0 Å². The van der Waals surface area contributed by atoms with Crippen LogP contribution in [-0.2, 0) is 11.4 Å². The molecule has 0 fully saturated rings. The van der Waals surface area contributed by atoms with Crippen LogP contribution in [0.5, 0.6) is 11.5 Å². The molecule has 6 rings (SSSR count). The van der Waals surface area contributed by atoms with Crippen LogP contribution in [0.25, 0.3) is 6.08 Å². The molecule has 1 aromatic heterocycles. The van der Waals surface area contributed by atoms with Gasteiger partial charge in [0.1, 0.15) is 18.1 Å². The highest BCUT2D eigenvalue weighted by atomic mass is 32.1. The van der Waals surface area contributed by atoms with E-state index in [9.17, 15) is 9.59 Å². The smallest absolute Gasteiger partial charge is 0.271 e. The van der Waals surface area contributed by atoms with Crippen molar-refractivity contribution in [3.63, 3.8) is 0 Å². The summed E-state index contributed by atoms with van der Waals surface area (Å²) in [6.07, 6.45) is 1.84. The van der Waals surface area contributed by atoms with E-state index >= 15 is 0 Å². The van der Waals surface area contributed by atoms with Crippen molar-refractivity contribution in [3.05, 3.63) is 157 Å². The Morgan fingerprint density at radius 1 is 0.909 bits per heavy atom. The number of fused-ring (bicyclic) bond motifs is 1. The average molecular weight is 602 g/mol. The predicted molar refractivity (Wildman–Crippen MR) is 174 cm³/mol. The lowest BCUT2D eigenvalue weighted by molar-refractivity contribution is -0.113. The van der Waals surface area contributed by atoms with E-state index in [1.54, 1.807) is 4.57 Å². The lowest BCUT2D eigenvalue weighted by Crippen LogP contribution is -2.40. The third-order valence-corrected chi connectivity index (χ3v) is 8.23. The highest BCUT2D eigenvalue weighted by molar-refractivity contribution is 7.07. The van der Waals surface area contributed by atoms with Gasteiger partial charge in [0.05, 0.1) is 28.5 Å². The van der Waals surface area contributed by atoms with Crippen molar-refractivity contribution < 1.29 is 14.3 Å². The van der Waals surface area contributed by atoms with Gasteiger partial charge in [0.2, 0.25) is 0 Å². The maximum Gasteiger partial charge on any atom is 0.271 e. The van der Waals surface area contributed by atoms with E-state index in [1.807, 2.05) is 129 Å². The van der Waals surface area contributed by atoms with Crippen LogP contribution in [0.4, 0.5) is 5.69 Å². The molecule has 220 valence electrons. The fourth-order valence-electron chi connectivity index (χ4n) is 5.17. The van der Waals surface area contributed by atoms with Gasteiger partial charge in [0.25, 0.3) is 11.5 Å². The second-order valence-corrected chi connectivity index (χ2v) is 11.2. The van der Waals surface area contributed by atoms with Crippen LogP contribution >= 0.6 is 11.3 Å². The minimum atomic E-state index is -0.683. The number of hydrogen-bond acceptors (Lipinski definition) is 6. The topological polar surface area (TPSA) is 81.9 Å². The molecule has 4 aromatic carbocycles. The molecule has 1 aliphatic heterocycles. The highest BCUT2D eigenvalue weighted by Crippen LogP contribution is 2.32. The fraction of sp³-hybridized carbons (Fsp3) is 0.139. The summed E-state index contributed by atoms with van der Waals surface area (Å²) < 4.78 is 13.9. The second-order valence-electron chi connectivity index (χ2n) is 10.2. The number of para-hydroxylation sites is 2. The van der Waals surface area contributed by atoms with Crippen LogP contribution in [0.15, 0.2) is 130 Å². The Morgan fingerprint density at radius 2 is 1.59 bits per heavy atom. The average Bonchev–Trinajstić information content (AvgIpc) is 3.35. The van der Waals surface area contributed by atoms with Crippen molar-refractivity contribution >= 4 is 29.0 Å². The van der Waals surface area contributed by atoms with Gasteiger partial charge in [-0.05, 0) is 61.4 Å². The monoisotopic (exact) mass is 601 g/mol. The summed E-state index contributed by atoms with van der Waals surface area (Å²) in [6, 6.07) is 33.7. The molecule has 0 unspecified atom stereocenters. The van der Waals surface area contributed by atoms with E-state index in [1.165, 1.54) is 11.3 Å². The zero-order valence-electron chi connectivity index (χ0n) is 24.4. The highest BCUT2D eigenvalue weighted by Gasteiger charge is 2.32. The van der Waals surface area contributed by atoms with E-state index in [0.29, 0.717) is 51.0 Å². The summed E-state index contributed by atoms with van der Waals surface area (Å²) in [6.45, 7) is 4.68. The molecule has 1 N–H and O–H groups in total. The van der Waals surface area contributed by atoms with Crippen molar-refractivity contribution in [2.45, 2.75) is 26.5 Å². The second kappa shape index (κ2) is 13.0. The zero-order valence-corrected chi connectivity index (χ0v) is 25.2. The van der Waals surface area contributed by atoms with Crippen LogP contribution in [-0.4, -0.2) is 17.1 Å². The van der Waals surface area contributed by atoms with E-state index < -0.39 is 6.04 Å². The number of ether oxygens (including phenoxy) is 2. The summed E-state index contributed by atoms with van der Waals surface area (Å²) in [5.41, 5.74) is 3.99. The van der Waals surface area contributed by atoms with Gasteiger partial charge < -0.3 is 14.8 Å². The van der Waals surface area contributed by atoms with Crippen LogP contribution in [0.2, 0.25) is 0 Å². The third kappa shape index (κ3) is 6.11. The molecular weight excluding hydrogens is 570 g/mol. The largest absolute Gasteiger partial charge is 0.494 e. The number of hydrogen-bond donors (Lipinski definition) is 1. The van der Waals surface area contributed by atoms with Gasteiger partial charge in [0.15, 0.2) is 4.80 Å². The Labute approximate surface area is 259 Å². The van der Waals surface area contributed by atoms with Gasteiger partial charge in [-0.15, -0.1) is 0 Å². The molecular formula is C36H31N3O4S. The van der Waals surface area contributed by atoms with E-state index in [-0.39, 0.29) is 11.5 Å². The standard InChI is InChI=1S/C36H31N3O4S/c1-3-42-29-20-18-26(19-21-29)33-32(34(40)38-28-15-8-5-9-16-28)24(2)37-36-39(33)35(41)31(44-36)22-27-14-10-11-17-30(27)43-23-25-12-6-4-7-13-25/h4-22,33H,3,23H2,1-2H3,(H,38,40)/b31-22+/t33-/m1/s1. The first-order chi connectivity index (χ1) is 21.5. The minimum Gasteiger partial charge on any atom is -0.494 e. The number of carbonyl (C=O) groups is 1. The summed E-state index contributed by atoms with van der Waals surface area (Å²) >= 11 is 1.29. The summed E-state index contributed by atoms with van der Waals surface area (Å²) in [5, 5.41) is 2.99. The molecule has 1 atom stereocenters. The maximum absolute atomic E-state index is 14.2. The quantitative estimate of drug-likeness (QED) is 0.230. The van der Waals surface area contributed by atoms with Crippen molar-refractivity contribution in [1.29, 1.82) is 0 Å². The molecule has 2 heterocycles. The number of thiazole rings is 1. The zero-order chi connectivity index (χ0) is 30.5. The molecule has 0 aliphatic carbocycles. The van der Waals surface area contributed by atoms with E-state index in [2.05, 4.69) is 5.32 Å². The van der Waals surface area contributed by atoms with Crippen molar-refractivity contribution in [3.8, 4) is 11.5 Å². The van der Waals surface area contributed by atoms with Gasteiger partial charge >= 0.3 is 0 Å². The first-order valence-corrected chi connectivity index (χ1v) is 15.2. The van der Waals surface area contributed by atoms with Crippen molar-refractivity contribution in [1.82, 2.24) is 4.57 Å². The lowest BCUT2D eigenvalue weighted by Gasteiger charge is -2.25. The van der Waals surface area contributed by atoms with Gasteiger partial charge in [-0.25, -0.2) is 4.99 Å². The van der Waals surface area contributed by atoms with Crippen molar-refractivity contribution in [2.24, 2.45) is 4.99 Å². The molecule has 5 aromatic rings. The van der Waals surface area contributed by atoms with Crippen LogP contribution < -0.4 is 29.7 Å². The fourth-order valence-corrected chi connectivity index (χ4v) is 6.21.